The summed E-state index contributed by atoms with van der Waals surface area (Å²) in [5.41, 5.74) is 1.84. The molecule has 19 heavy (non-hydrogen) atoms. The van der Waals surface area contributed by atoms with E-state index in [2.05, 4.69) is 15.0 Å². The number of imidazole rings is 1. The molecule has 4 nitrogen and oxygen atoms in total. The Labute approximate surface area is 113 Å². The van der Waals surface area contributed by atoms with Crippen LogP contribution in [0.5, 0.6) is 0 Å². The van der Waals surface area contributed by atoms with Gasteiger partial charge in [0, 0.05) is 11.8 Å². The Morgan fingerprint density at radius 3 is 2.89 bits per heavy atom. The molecule has 0 saturated carbocycles. The van der Waals surface area contributed by atoms with Crippen LogP contribution in [0.15, 0.2) is 36.8 Å². The quantitative estimate of drug-likeness (QED) is 0.675. The minimum Gasteiger partial charge on any atom is -0.308 e. The van der Waals surface area contributed by atoms with Crippen molar-refractivity contribution in [1.82, 2.24) is 19.5 Å². The van der Waals surface area contributed by atoms with Crippen molar-refractivity contribution in [2.75, 3.05) is 0 Å². The molecule has 1 atom stereocenters. The number of fused-ring (bicyclic) bond motifs is 1. The summed E-state index contributed by atoms with van der Waals surface area (Å²) < 4.78 is 15.5. The normalized spacial score (nSPS) is 12.8. The fourth-order valence-corrected chi connectivity index (χ4v) is 2.17. The molecule has 96 valence electrons. The van der Waals surface area contributed by atoms with Crippen LogP contribution in [0, 0.1) is 5.95 Å². The summed E-state index contributed by atoms with van der Waals surface area (Å²) >= 11 is 5.89. The molecule has 3 rings (SSSR count). The van der Waals surface area contributed by atoms with Gasteiger partial charge in [0.05, 0.1) is 12.4 Å². The first kappa shape index (κ1) is 12.0. The summed E-state index contributed by atoms with van der Waals surface area (Å²) in [6.07, 6.45) is 3.05. The average Bonchev–Trinajstić information content (AvgIpc) is 2.81. The van der Waals surface area contributed by atoms with Gasteiger partial charge in [-0.1, -0.05) is 17.7 Å². The maximum atomic E-state index is 13.7. The minimum atomic E-state index is -0.487. The Kier molecular flexibility index (Phi) is 2.91. The molecule has 0 amide bonds. The number of pyridine rings is 2. The van der Waals surface area contributed by atoms with Gasteiger partial charge >= 0.3 is 0 Å². The lowest BCUT2D eigenvalue weighted by Crippen LogP contribution is -2.09. The van der Waals surface area contributed by atoms with Gasteiger partial charge in [0.2, 0.25) is 5.95 Å². The van der Waals surface area contributed by atoms with Gasteiger partial charge < -0.3 is 4.57 Å². The van der Waals surface area contributed by atoms with Gasteiger partial charge in [0.15, 0.2) is 5.65 Å². The molecular weight excluding hydrogens is 267 g/mol. The molecule has 0 aliphatic carbocycles. The van der Waals surface area contributed by atoms with E-state index in [1.54, 1.807) is 35.2 Å². The van der Waals surface area contributed by atoms with Crippen LogP contribution in [0.25, 0.3) is 11.2 Å². The van der Waals surface area contributed by atoms with E-state index >= 15 is 0 Å². The van der Waals surface area contributed by atoms with Crippen molar-refractivity contribution in [3.05, 3.63) is 53.5 Å². The Bertz CT molecular complexity index is 740. The summed E-state index contributed by atoms with van der Waals surface area (Å²) in [7, 11) is 0. The molecule has 0 bridgehead atoms. The molecule has 3 aromatic heterocycles. The topological polar surface area (TPSA) is 43.6 Å². The second-order valence-corrected chi connectivity index (χ2v) is 4.58. The number of aromatic nitrogens is 4. The van der Waals surface area contributed by atoms with E-state index in [1.165, 1.54) is 6.20 Å². The van der Waals surface area contributed by atoms with Crippen LogP contribution >= 0.6 is 11.6 Å². The van der Waals surface area contributed by atoms with Gasteiger partial charge in [-0.2, -0.15) is 4.39 Å². The SMILES string of the molecule is C[C@@H](c1cccnc1F)n1cnc2ccc(Cl)nc21. The molecule has 0 aliphatic rings. The first-order chi connectivity index (χ1) is 9.16. The van der Waals surface area contributed by atoms with Crippen molar-refractivity contribution in [2.24, 2.45) is 0 Å². The van der Waals surface area contributed by atoms with E-state index in [1.807, 2.05) is 6.92 Å². The van der Waals surface area contributed by atoms with E-state index in [0.717, 1.165) is 5.52 Å². The molecule has 0 radical (unpaired) electrons. The van der Waals surface area contributed by atoms with E-state index in [4.69, 9.17) is 11.6 Å². The van der Waals surface area contributed by atoms with Crippen molar-refractivity contribution in [3.63, 3.8) is 0 Å². The van der Waals surface area contributed by atoms with E-state index in [0.29, 0.717) is 16.4 Å². The van der Waals surface area contributed by atoms with Gasteiger partial charge in [0.25, 0.3) is 0 Å². The maximum absolute atomic E-state index is 13.7. The van der Waals surface area contributed by atoms with Crippen LogP contribution in [0.3, 0.4) is 0 Å². The van der Waals surface area contributed by atoms with E-state index in [-0.39, 0.29) is 6.04 Å². The molecule has 0 fully saturated rings. The molecule has 6 heteroatoms. The minimum absolute atomic E-state index is 0.260. The number of hydrogen-bond acceptors (Lipinski definition) is 3. The van der Waals surface area contributed by atoms with Gasteiger partial charge in [0.1, 0.15) is 10.7 Å². The van der Waals surface area contributed by atoms with Gasteiger partial charge in [-0.25, -0.2) is 15.0 Å². The molecule has 0 spiro atoms. The fourth-order valence-electron chi connectivity index (χ4n) is 2.03. The number of halogens is 2. The van der Waals surface area contributed by atoms with Crippen LogP contribution in [0.4, 0.5) is 4.39 Å². The highest BCUT2D eigenvalue weighted by Gasteiger charge is 2.16. The van der Waals surface area contributed by atoms with Crippen LogP contribution < -0.4 is 0 Å². The summed E-state index contributed by atoms with van der Waals surface area (Å²) in [6, 6.07) is 6.60. The highest BCUT2D eigenvalue weighted by atomic mass is 35.5. The monoisotopic (exact) mass is 276 g/mol. The summed E-state index contributed by atoms with van der Waals surface area (Å²) in [5.74, 6) is -0.487. The maximum Gasteiger partial charge on any atom is 0.218 e. The third-order valence-corrected chi connectivity index (χ3v) is 3.25. The lowest BCUT2D eigenvalue weighted by molar-refractivity contribution is 0.531. The average molecular weight is 277 g/mol. The molecule has 0 saturated heterocycles. The zero-order chi connectivity index (χ0) is 13.4. The van der Waals surface area contributed by atoms with Gasteiger partial charge in [-0.3, -0.25) is 0 Å². The summed E-state index contributed by atoms with van der Waals surface area (Å²) in [4.78, 5) is 12.1. The Hall–Kier alpha value is -2.01. The van der Waals surface area contributed by atoms with Crippen molar-refractivity contribution >= 4 is 22.8 Å². The first-order valence-electron chi connectivity index (χ1n) is 5.76. The first-order valence-corrected chi connectivity index (χ1v) is 6.14. The molecule has 3 heterocycles. The third kappa shape index (κ3) is 2.06. The Balaban J connectivity index is 2.14. The van der Waals surface area contributed by atoms with Crippen molar-refractivity contribution in [3.8, 4) is 0 Å². The highest BCUT2D eigenvalue weighted by Crippen LogP contribution is 2.24. The standard InChI is InChI=1S/C13H10ClFN4/c1-8(9-3-2-6-16-12(9)15)19-7-17-10-4-5-11(14)18-13(10)19/h2-8H,1H3/t8-/m0/s1. The third-order valence-electron chi connectivity index (χ3n) is 3.04. The van der Waals surface area contributed by atoms with Crippen molar-refractivity contribution in [2.45, 2.75) is 13.0 Å². The van der Waals surface area contributed by atoms with E-state index in [9.17, 15) is 4.39 Å². The zero-order valence-electron chi connectivity index (χ0n) is 10.1. The van der Waals surface area contributed by atoms with Gasteiger partial charge in [-0.05, 0) is 25.1 Å². The molecular formula is C13H10ClFN4. The smallest absolute Gasteiger partial charge is 0.218 e. The Morgan fingerprint density at radius 1 is 1.26 bits per heavy atom. The van der Waals surface area contributed by atoms with Crippen LogP contribution in [0.1, 0.15) is 18.5 Å². The van der Waals surface area contributed by atoms with Gasteiger partial charge in [-0.15, -0.1) is 0 Å². The largest absolute Gasteiger partial charge is 0.308 e. The van der Waals surface area contributed by atoms with Crippen LogP contribution in [0.2, 0.25) is 5.15 Å². The number of hydrogen-bond donors (Lipinski definition) is 0. The second-order valence-electron chi connectivity index (χ2n) is 4.19. The van der Waals surface area contributed by atoms with Crippen molar-refractivity contribution < 1.29 is 4.39 Å². The van der Waals surface area contributed by atoms with E-state index < -0.39 is 5.95 Å². The van der Waals surface area contributed by atoms with Crippen LogP contribution in [-0.2, 0) is 0 Å². The zero-order valence-corrected chi connectivity index (χ0v) is 10.8. The molecule has 3 aromatic rings. The molecule has 0 unspecified atom stereocenters. The van der Waals surface area contributed by atoms with Crippen LogP contribution in [-0.4, -0.2) is 19.5 Å². The number of nitrogens with zero attached hydrogens (tertiary/aromatic N) is 4. The fraction of sp³-hybridized carbons (Fsp3) is 0.154. The summed E-state index contributed by atoms with van der Waals surface area (Å²) in [6.45, 7) is 1.86. The van der Waals surface area contributed by atoms with Crippen molar-refractivity contribution in [1.29, 1.82) is 0 Å². The molecule has 0 aliphatic heterocycles. The Morgan fingerprint density at radius 2 is 2.11 bits per heavy atom. The number of rotatable bonds is 2. The predicted molar refractivity (Wildman–Crippen MR) is 70.5 cm³/mol. The molecule has 0 N–H and O–H groups in total. The summed E-state index contributed by atoms with van der Waals surface area (Å²) in [5, 5.41) is 0.383. The lowest BCUT2D eigenvalue weighted by atomic mass is 10.1. The predicted octanol–water partition coefficient (Wildman–Crippen LogP) is 3.23. The lowest BCUT2D eigenvalue weighted by Gasteiger charge is -2.14. The highest BCUT2D eigenvalue weighted by molar-refractivity contribution is 6.29. The second kappa shape index (κ2) is 4.59. The molecule has 0 aromatic carbocycles.